The standard InChI is InChI=1S/C19H32N2/c1-15(2)13-17-6-8-18(9-7-17)19(14-20)21-11-4-5-16(3)10-12-21/h6-9,15-16,19H,4-5,10-14,20H2,1-3H3. The molecule has 1 fully saturated rings. The predicted molar refractivity (Wildman–Crippen MR) is 91.4 cm³/mol. The van der Waals surface area contributed by atoms with Gasteiger partial charge in [-0.1, -0.05) is 45.0 Å². The molecule has 2 atom stereocenters. The monoisotopic (exact) mass is 288 g/mol. The molecule has 2 unspecified atom stereocenters. The number of nitrogens with two attached hydrogens (primary N) is 1. The summed E-state index contributed by atoms with van der Waals surface area (Å²) in [5.41, 5.74) is 8.93. The molecule has 1 aliphatic heterocycles. The topological polar surface area (TPSA) is 29.3 Å². The minimum absolute atomic E-state index is 0.392. The quantitative estimate of drug-likeness (QED) is 0.887. The summed E-state index contributed by atoms with van der Waals surface area (Å²) in [5, 5.41) is 0. The fourth-order valence-electron chi connectivity index (χ4n) is 3.44. The van der Waals surface area contributed by atoms with E-state index < -0.39 is 0 Å². The first-order chi connectivity index (χ1) is 10.1. The zero-order valence-electron chi connectivity index (χ0n) is 14.0. The van der Waals surface area contributed by atoms with Crippen molar-refractivity contribution in [3.05, 3.63) is 35.4 Å². The number of rotatable bonds is 5. The van der Waals surface area contributed by atoms with Crippen molar-refractivity contribution in [1.82, 2.24) is 4.90 Å². The molecule has 0 aromatic heterocycles. The highest BCUT2D eigenvalue weighted by molar-refractivity contribution is 5.25. The third-order valence-corrected chi connectivity index (χ3v) is 4.72. The van der Waals surface area contributed by atoms with Crippen LogP contribution in [0.2, 0.25) is 0 Å². The Kier molecular flexibility index (Phi) is 6.25. The second-order valence-corrected chi connectivity index (χ2v) is 7.16. The predicted octanol–water partition coefficient (Wildman–Crippen LogP) is 4.01. The van der Waals surface area contributed by atoms with Crippen molar-refractivity contribution in [1.29, 1.82) is 0 Å². The van der Waals surface area contributed by atoms with Gasteiger partial charge < -0.3 is 5.73 Å². The molecule has 1 aliphatic rings. The average molecular weight is 288 g/mol. The molecule has 0 radical (unpaired) electrons. The molecule has 1 saturated heterocycles. The van der Waals surface area contributed by atoms with Crippen molar-refractivity contribution in [3.63, 3.8) is 0 Å². The first kappa shape index (κ1) is 16.5. The lowest BCUT2D eigenvalue weighted by Crippen LogP contribution is -2.34. The molecule has 1 aromatic carbocycles. The molecular weight excluding hydrogens is 256 g/mol. The molecule has 1 aromatic rings. The Hall–Kier alpha value is -0.860. The van der Waals surface area contributed by atoms with E-state index in [0.717, 1.165) is 18.9 Å². The van der Waals surface area contributed by atoms with Crippen LogP contribution in [0.5, 0.6) is 0 Å². The maximum Gasteiger partial charge on any atom is 0.0470 e. The Balaban J connectivity index is 2.05. The molecule has 2 N–H and O–H groups in total. The Labute approximate surface area is 130 Å². The molecule has 0 bridgehead atoms. The van der Waals surface area contributed by atoms with Gasteiger partial charge in [-0.25, -0.2) is 0 Å². The maximum absolute atomic E-state index is 6.10. The largest absolute Gasteiger partial charge is 0.329 e. The minimum atomic E-state index is 0.392. The third-order valence-electron chi connectivity index (χ3n) is 4.72. The molecule has 0 saturated carbocycles. The molecule has 0 aliphatic carbocycles. The first-order valence-electron chi connectivity index (χ1n) is 8.63. The summed E-state index contributed by atoms with van der Waals surface area (Å²) in [6.07, 6.45) is 5.14. The van der Waals surface area contributed by atoms with Crippen LogP contribution in [0.1, 0.15) is 57.2 Å². The number of hydrogen-bond acceptors (Lipinski definition) is 2. The molecular formula is C19H32N2. The minimum Gasteiger partial charge on any atom is -0.329 e. The summed E-state index contributed by atoms with van der Waals surface area (Å²) in [5.74, 6) is 1.58. The Morgan fingerprint density at radius 1 is 1.14 bits per heavy atom. The lowest BCUT2D eigenvalue weighted by atomic mass is 9.98. The summed E-state index contributed by atoms with van der Waals surface area (Å²) in [7, 11) is 0. The average Bonchev–Trinajstić information content (AvgIpc) is 2.66. The summed E-state index contributed by atoms with van der Waals surface area (Å²) in [4.78, 5) is 2.60. The fourth-order valence-corrected chi connectivity index (χ4v) is 3.44. The van der Waals surface area contributed by atoms with E-state index >= 15 is 0 Å². The Morgan fingerprint density at radius 3 is 2.48 bits per heavy atom. The van der Waals surface area contributed by atoms with Gasteiger partial charge in [0.25, 0.3) is 0 Å². The highest BCUT2D eigenvalue weighted by Gasteiger charge is 2.22. The maximum atomic E-state index is 6.10. The van der Waals surface area contributed by atoms with Gasteiger partial charge in [0.15, 0.2) is 0 Å². The van der Waals surface area contributed by atoms with Gasteiger partial charge in [0.1, 0.15) is 0 Å². The molecule has 21 heavy (non-hydrogen) atoms. The van der Waals surface area contributed by atoms with Crippen LogP contribution < -0.4 is 5.73 Å². The van der Waals surface area contributed by atoms with Crippen LogP contribution in [0.3, 0.4) is 0 Å². The number of hydrogen-bond donors (Lipinski definition) is 1. The van der Waals surface area contributed by atoms with Crippen LogP contribution in [0.4, 0.5) is 0 Å². The second-order valence-electron chi connectivity index (χ2n) is 7.16. The van der Waals surface area contributed by atoms with Gasteiger partial charge in [0, 0.05) is 12.6 Å². The van der Waals surface area contributed by atoms with E-state index in [2.05, 4.69) is 49.9 Å². The van der Waals surface area contributed by atoms with Gasteiger partial charge in [-0.15, -0.1) is 0 Å². The van der Waals surface area contributed by atoms with Crippen molar-refractivity contribution in [2.45, 2.75) is 52.5 Å². The van der Waals surface area contributed by atoms with Gasteiger partial charge in [-0.3, -0.25) is 4.90 Å². The summed E-state index contributed by atoms with van der Waals surface area (Å²) >= 11 is 0. The van der Waals surface area contributed by atoms with Gasteiger partial charge in [0.2, 0.25) is 0 Å². The molecule has 2 nitrogen and oxygen atoms in total. The van der Waals surface area contributed by atoms with E-state index in [1.165, 1.54) is 43.5 Å². The van der Waals surface area contributed by atoms with Crippen molar-refractivity contribution in [2.24, 2.45) is 17.6 Å². The SMILES string of the molecule is CC(C)Cc1ccc(C(CN)N2CCCC(C)CC2)cc1. The molecule has 2 rings (SSSR count). The van der Waals surface area contributed by atoms with E-state index in [4.69, 9.17) is 5.73 Å². The first-order valence-corrected chi connectivity index (χ1v) is 8.63. The normalized spacial score (nSPS) is 22.2. The summed E-state index contributed by atoms with van der Waals surface area (Å²) in [6, 6.07) is 9.56. The number of nitrogens with zero attached hydrogens (tertiary/aromatic N) is 1. The zero-order valence-corrected chi connectivity index (χ0v) is 14.0. The van der Waals surface area contributed by atoms with E-state index in [-0.39, 0.29) is 0 Å². The van der Waals surface area contributed by atoms with E-state index in [9.17, 15) is 0 Å². The van der Waals surface area contributed by atoms with Gasteiger partial charge in [-0.05, 0) is 61.7 Å². The van der Waals surface area contributed by atoms with Crippen LogP contribution in [0.15, 0.2) is 24.3 Å². The van der Waals surface area contributed by atoms with Gasteiger partial charge >= 0.3 is 0 Å². The Bertz CT molecular complexity index is 410. The molecule has 2 heteroatoms. The number of benzene rings is 1. The smallest absolute Gasteiger partial charge is 0.0470 e. The highest BCUT2D eigenvalue weighted by Crippen LogP contribution is 2.26. The van der Waals surface area contributed by atoms with Crippen molar-refractivity contribution in [2.75, 3.05) is 19.6 Å². The Morgan fingerprint density at radius 2 is 1.86 bits per heavy atom. The third kappa shape index (κ3) is 4.82. The van der Waals surface area contributed by atoms with E-state index in [0.29, 0.717) is 12.0 Å². The van der Waals surface area contributed by atoms with Gasteiger partial charge in [0.05, 0.1) is 0 Å². The van der Waals surface area contributed by atoms with Crippen LogP contribution in [0.25, 0.3) is 0 Å². The van der Waals surface area contributed by atoms with E-state index in [1.807, 2.05) is 0 Å². The highest BCUT2D eigenvalue weighted by atomic mass is 15.2. The van der Waals surface area contributed by atoms with E-state index in [1.54, 1.807) is 0 Å². The lowest BCUT2D eigenvalue weighted by molar-refractivity contribution is 0.207. The molecule has 0 amide bonds. The van der Waals surface area contributed by atoms with Crippen LogP contribution in [0, 0.1) is 11.8 Å². The number of likely N-dealkylation sites (tertiary alicyclic amines) is 1. The van der Waals surface area contributed by atoms with Crippen molar-refractivity contribution < 1.29 is 0 Å². The zero-order chi connectivity index (χ0) is 15.2. The molecule has 1 heterocycles. The van der Waals surface area contributed by atoms with Gasteiger partial charge in [-0.2, -0.15) is 0 Å². The summed E-state index contributed by atoms with van der Waals surface area (Å²) in [6.45, 7) is 10.0. The second kappa shape index (κ2) is 7.95. The molecule has 118 valence electrons. The van der Waals surface area contributed by atoms with Crippen LogP contribution in [-0.4, -0.2) is 24.5 Å². The van der Waals surface area contributed by atoms with Crippen molar-refractivity contribution >= 4 is 0 Å². The fraction of sp³-hybridized carbons (Fsp3) is 0.684. The van der Waals surface area contributed by atoms with Crippen LogP contribution >= 0.6 is 0 Å². The summed E-state index contributed by atoms with van der Waals surface area (Å²) < 4.78 is 0. The molecule has 0 spiro atoms. The lowest BCUT2D eigenvalue weighted by Gasteiger charge is -2.30. The van der Waals surface area contributed by atoms with Crippen molar-refractivity contribution in [3.8, 4) is 0 Å². The van der Waals surface area contributed by atoms with Crippen LogP contribution in [-0.2, 0) is 6.42 Å².